The standard InChI is InChI=1S/C22H24FN5O2/c23-19-15-17(25-20(29)16-7-2-1-3-8-16)9-10-18(19)21-26-27-22(30-21)24-11-6-14-28-12-4-5-13-28/h1-3,7-10,15H,4-6,11-14H2,(H,24,27)(H,25,29). The van der Waals surface area contributed by atoms with E-state index in [1.807, 2.05) is 6.07 Å². The van der Waals surface area contributed by atoms with Crippen molar-refractivity contribution in [2.75, 3.05) is 36.8 Å². The predicted molar refractivity (Wildman–Crippen MR) is 113 cm³/mol. The molecule has 0 radical (unpaired) electrons. The summed E-state index contributed by atoms with van der Waals surface area (Å²) in [7, 11) is 0. The van der Waals surface area contributed by atoms with E-state index >= 15 is 0 Å². The molecule has 2 N–H and O–H groups in total. The molecular formula is C22H24FN5O2. The number of halogens is 1. The molecule has 3 aromatic rings. The molecular weight excluding hydrogens is 385 g/mol. The summed E-state index contributed by atoms with van der Waals surface area (Å²) >= 11 is 0. The van der Waals surface area contributed by atoms with Gasteiger partial charge >= 0.3 is 6.01 Å². The molecule has 0 saturated carbocycles. The Bertz CT molecular complexity index is 986. The van der Waals surface area contributed by atoms with Gasteiger partial charge in [-0.25, -0.2) is 4.39 Å². The van der Waals surface area contributed by atoms with Gasteiger partial charge in [-0.15, -0.1) is 5.10 Å². The molecule has 1 aromatic heterocycles. The summed E-state index contributed by atoms with van der Waals surface area (Å²) in [4.78, 5) is 14.6. The van der Waals surface area contributed by atoms with E-state index in [1.165, 1.54) is 38.1 Å². The first kappa shape index (κ1) is 20.0. The van der Waals surface area contributed by atoms with Gasteiger partial charge in [0.1, 0.15) is 5.82 Å². The Morgan fingerprint density at radius 2 is 1.90 bits per heavy atom. The lowest BCUT2D eigenvalue weighted by molar-refractivity contribution is 0.102. The van der Waals surface area contributed by atoms with Gasteiger partial charge in [-0.2, -0.15) is 0 Å². The van der Waals surface area contributed by atoms with Crippen LogP contribution in [0.3, 0.4) is 0 Å². The van der Waals surface area contributed by atoms with Crippen molar-refractivity contribution in [1.29, 1.82) is 0 Å². The quantitative estimate of drug-likeness (QED) is 0.547. The van der Waals surface area contributed by atoms with Gasteiger partial charge in [-0.1, -0.05) is 23.3 Å². The summed E-state index contributed by atoms with van der Waals surface area (Å²) in [5, 5.41) is 13.6. The fourth-order valence-corrected chi connectivity index (χ4v) is 3.47. The average molecular weight is 409 g/mol. The molecule has 0 spiro atoms. The van der Waals surface area contributed by atoms with Gasteiger partial charge < -0.3 is 20.0 Å². The molecule has 0 atom stereocenters. The summed E-state index contributed by atoms with van der Waals surface area (Å²) < 4.78 is 20.1. The van der Waals surface area contributed by atoms with Crippen molar-refractivity contribution < 1.29 is 13.6 Å². The Morgan fingerprint density at radius 3 is 2.67 bits per heavy atom. The summed E-state index contributed by atoms with van der Waals surface area (Å²) in [5.41, 5.74) is 1.04. The Morgan fingerprint density at radius 1 is 1.10 bits per heavy atom. The van der Waals surface area contributed by atoms with E-state index in [4.69, 9.17) is 4.42 Å². The van der Waals surface area contributed by atoms with Crippen LogP contribution in [0.5, 0.6) is 0 Å². The number of hydrogen-bond donors (Lipinski definition) is 2. The molecule has 1 aliphatic heterocycles. The molecule has 2 heterocycles. The monoisotopic (exact) mass is 409 g/mol. The molecule has 8 heteroatoms. The fourth-order valence-electron chi connectivity index (χ4n) is 3.47. The van der Waals surface area contributed by atoms with Crippen molar-refractivity contribution in [3.05, 3.63) is 59.9 Å². The zero-order chi connectivity index (χ0) is 20.8. The second-order valence-electron chi connectivity index (χ2n) is 7.26. The van der Waals surface area contributed by atoms with Crippen LogP contribution >= 0.6 is 0 Å². The van der Waals surface area contributed by atoms with Crippen molar-refractivity contribution in [2.45, 2.75) is 19.3 Å². The molecule has 30 heavy (non-hydrogen) atoms. The molecule has 1 saturated heterocycles. The molecule has 0 aliphatic carbocycles. The summed E-state index contributed by atoms with van der Waals surface area (Å²) in [5.74, 6) is -0.762. The maximum absolute atomic E-state index is 14.6. The summed E-state index contributed by atoms with van der Waals surface area (Å²) in [6.45, 7) is 4.10. The van der Waals surface area contributed by atoms with E-state index in [1.54, 1.807) is 30.3 Å². The molecule has 7 nitrogen and oxygen atoms in total. The van der Waals surface area contributed by atoms with Crippen molar-refractivity contribution in [1.82, 2.24) is 15.1 Å². The van der Waals surface area contributed by atoms with E-state index in [0.717, 1.165) is 13.0 Å². The maximum Gasteiger partial charge on any atom is 0.315 e. The minimum atomic E-state index is -0.551. The smallest absolute Gasteiger partial charge is 0.315 e. The number of hydrogen-bond acceptors (Lipinski definition) is 6. The van der Waals surface area contributed by atoms with Crippen molar-refractivity contribution in [3.63, 3.8) is 0 Å². The highest BCUT2D eigenvalue weighted by Crippen LogP contribution is 2.25. The second kappa shape index (κ2) is 9.49. The van der Waals surface area contributed by atoms with Gasteiger partial charge in [0.15, 0.2) is 0 Å². The van der Waals surface area contributed by atoms with Crippen LogP contribution in [0.4, 0.5) is 16.1 Å². The molecule has 156 valence electrons. The Kier molecular flexibility index (Phi) is 6.34. The Labute approximate surface area is 174 Å². The van der Waals surface area contributed by atoms with Crippen LogP contribution in [0.25, 0.3) is 11.5 Å². The van der Waals surface area contributed by atoms with Gasteiger partial charge in [-0.3, -0.25) is 4.79 Å². The van der Waals surface area contributed by atoms with Gasteiger partial charge in [-0.05, 0) is 69.2 Å². The largest absolute Gasteiger partial charge is 0.403 e. The lowest BCUT2D eigenvalue weighted by Gasteiger charge is -2.13. The molecule has 1 fully saturated rings. The first-order chi connectivity index (χ1) is 14.7. The van der Waals surface area contributed by atoms with Crippen LogP contribution < -0.4 is 10.6 Å². The lowest BCUT2D eigenvalue weighted by Crippen LogP contribution is -2.22. The lowest BCUT2D eigenvalue weighted by atomic mass is 10.1. The first-order valence-electron chi connectivity index (χ1n) is 10.1. The molecule has 2 aromatic carbocycles. The number of carbonyl (C=O) groups is 1. The van der Waals surface area contributed by atoms with Gasteiger partial charge in [0.25, 0.3) is 11.8 Å². The Balaban J connectivity index is 1.33. The molecule has 0 bridgehead atoms. The van der Waals surface area contributed by atoms with Crippen LogP contribution in [0.15, 0.2) is 52.9 Å². The van der Waals surface area contributed by atoms with Crippen molar-refractivity contribution in [3.8, 4) is 11.5 Å². The van der Waals surface area contributed by atoms with Crippen LogP contribution in [0, 0.1) is 5.82 Å². The van der Waals surface area contributed by atoms with Crippen LogP contribution in [-0.2, 0) is 0 Å². The number of rotatable bonds is 8. The summed E-state index contributed by atoms with van der Waals surface area (Å²) in [6.07, 6.45) is 3.53. The van der Waals surface area contributed by atoms with Gasteiger partial charge in [0.2, 0.25) is 0 Å². The van der Waals surface area contributed by atoms with Crippen molar-refractivity contribution >= 4 is 17.6 Å². The van der Waals surface area contributed by atoms with Gasteiger partial charge in [0, 0.05) is 17.8 Å². The maximum atomic E-state index is 14.6. The number of carbonyl (C=O) groups excluding carboxylic acids is 1. The predicted octanol–water partition coefficient (Wildman–Crippen LogP) is 4.03. The van der Waals surface area contributed by atoms with E-state index in [-0.39, 0.29) is 23.4 Å². The molecule has 1 amide bonds. The average Bonchev–Trinajstić information content (AvgIpc) is 3.44. The third kappa shape index (κ3) is 5.01. The number of nitrogens with one attached hydrogen (secondary N) is 2. The van der Waals surface area contributed by atoms with Crippen molar-refractivity contribution in [2.24, 2.45) is 0 Å². The van der Waals surface area contributed by atoms with Crippen LogP contribution in [0.1, 0.15) is 29.6 Å². The van der Waals surface area contributed by atoms with E-state index in [2.05, 4.69) is 25.7 Å². The first-order valence-corrected chi connectivity index (χ1v) is 10.1. The minimum absolute atomic E-state index is 0.0930. The van der Waals surface area contributed by atoms with E-state index < -0.39 is 5.82 Å². The number of likely N-dealkylation sites (tertiary alicyclic amines) is 1. The zero-order valence-electron chi connectivity index (χ0n) is 16.6. The molecule has 4 rings (SSSR count). The third-order valence-corrected chi connectivity index (χ3v) is 5.04. The number of benzene rings is 2. The number of aromatic nitrogens is 2. The fraction of sp³-hybridized carbons (Fsp3) is 0.318. The highest BCUT2D eigenvalue weighted by Gasteiger charge is 2.15. The minimum Gasteiger partial charge on any atom is -0.403 e. The highest BCUT2D eigenvalue weighted by atomic mass is 19.1. The van der Waals surface area contributed by atoms with E-state index in [0.29, 0.717) is 17.8 Å². The van der Waals surface area contributed by atoms with Gasteiger partial charge in [0.05, 0.1) is 5.56 Å². The topological polar surface area (TPSA) is 83.3 Å². The van der Waals surface area contributed by atoms with E-state index in [9.17, 15) is 9.18 Å². The second-order valence-corrected chi connectivity index (χ2v) is 7.26. The van der Waals surface area contributed by atoms with Crippen LogP contribution in [-0.4, -0.2) is 47.2 Å². The zero-order valence-corrected chi connectivity index (χ0v) is 16.6. The Hall–Kier alpha value is -3.26. The van der Waals surface area contributed by atoms with Crippen LogP contribution in [0.2, 0.25) is 0 Å². The normalized spacial score (nSPS) is 14.0. The number of anilines is 2. The number of amides is 1. The third-order valence-electron chi connectivity index (χ3n) is 5.04. The highest BCUT2D eigenvalue weighted by molar-refractivity contribution is 6.04. The molecule has 1 aliphatic rings. The number of nitrogens with zero attached hydrogens (tertiary/aromatic N) is 3. The SMILES string of the molecule is O=C(Nc1ccc(-c2nnc(NCCCN3CCCC3)o2)c(F)c1)c1ccccc1. The summed E-state index contributed by atoms with van der Waals surface area (Å²) in [6, 6.07) is 13.4. The molecule has 0 unspecified atom stereocenters.